The van der Waals surface area contributed by atoms with Gasteiger partial charge < -0.3 is 20.9 Å². The van der Waals surface area contributed by atoms with E-state index in [0.717, 1.165) is 6.42 Å². The fourth-order valence-corrected chi connectivity index (χ4v) is 1.56. The first-order valence-electron chi connectivity index (χ1n) is 6.56. The average Bonchev–Trinajstić information content (AvgIpc) is 2.40. The van der Waals surface area contributed by atoms with Gasteiger partial charge in [0.25, 0.3) is 0 Å². The van der Waals surface area contributed by atoms with Crippen molar-refractivity contribution in [3.63, 3.8) is 0 Å². The van der Waals surface area contributed by atoms with Crippen LogP contribution >= 0.6 is 0 Å². The average molecular weight is 270 g/mol. The van der Waals surface area contributed by atoms with Gasteiger partial charge in [-0.05, 0) is 19.8 Å². The Labute approximate surface area is 113 Å². The van der Waals surface area contributed by atoms with Gasteiger partial charge in [-0.15, -0.1) is 0 Å². The van der Waals surface area contributed by atoms with Gasteiger partial charge in [-0.1, -0.05) is 13.8 Å². The molecular formula is C14H23FN2O2. The molecule has 4 N–H and O–H groups in total. The summed E-state index contributed by atoms with van der Waals surface area (Å²) in [5.41, 5.74) is 6.18. The summed E-state index contributed by atoms with van der Waals surface area (Å²) in [6, 6.07) is 2.78. The number of ether oxygens (including phenoxy) is 1. The Hall–Kier alpha value is -1.49. The van der Waals surface area contributed by atoms with Crippen LogP contribution in [0.1, 0.15) is 33.6 Å². The van der Waals surface area contributed by atoms with E-state index in [1.807, 2.05) is 20.8 Å². The molecule has 1 aromatic carbocycles. The molecule has 0 saturated heterocycles. The van der Waals surface area contributed by atoms with Crippen molar-refractivity contribution in [1.82, 2.24) is 0 Å². The van der Waals surface area contributed by atoms with Gasteiger partial charge in [-0.3, -0.25) is 0 Å². The molecule has 5 heteroatoms. The Balaban J connectivity index is 3.00. The molecule has 0 amide bonds. The number of anilines is 2. The number of aliphatic hydroxyl groups excluding tert-OH is 1. The molecule has 1 aromatic rings. The Bertz CT molecular complexity index is 420. The maximum atomic E-state index is 13.7. The third-order valence-electron chi connectivity index (χ3n) is 3.13. The van der Waals surface area contributed by atoms with Crippen LogP contribution in [-0.4, -0.2) is 23.9 Å². The number of nitrogens with one attached hydrogen (secondary N) is 1. The van der Waals surface area contributed by atoms with Crippen LogP contribution < -0.4 is 15.8 Å². The molecule has 1 unspecified atom stereocenters. The zero-order chi connectivity index (χ0) is 14.5. The molecule has 0 bridgehead atoms. The molecule has 1 rings (SSSR count). The van der Waals surface area contributed by atoms with E-state index in [4.69, 9.17) is 10.5 Å². The zero-order valence-electron chi connectivity index (χ0n) is 11.8. The molecule has 0 saturated carbocycles. The van der Waals surface area contributed by atoms with Crippen molar-refractivity contribution in [2.24, 2.45) is 0 Å². The van der Waals surface area contributed by atoms with Crippen molar-refractivity contribution < 1.29 is 14.2 Å². The van der Waals surface area contributed by atoms with E-state index in [1.165, 1.54) is 6.07 Å². The number of rotatable bonds is 7. The lowest BCUT2D eigenvalue weighted by molar-refractivity contribution is 0.219. The molecule has 0 heterocycles. The molecule has 108 valence electrons. The topological polar surface area (TPSA) is 67.5 Å². The standard InChI is InChI=1S/C14H23FN2O2/c1-4-6-19-13-8-12(11(16)7-10(13)15)17-14(3,5-2)9-18/h7-8,17-18H,4-6,9,16H2,1-3H3. The van der Waals surface area contributed by atoms with Crippen LogP contribution in [0.4, 0.5) is 15.8 Å². The largest absolute Gasteiger partial charge is 0.490 e. The zero-order valence-corrected chi connectivity index (χ0v) is 11.8. The van der Waals surface area contributed by atoms with Crippen molar-refractivity contribution in [3.8, 4) is 5.75 Å². The number of halogens is 1. The van der Waals surface area contributed by atoms with Crippen LogP contribution in [0.2, 0.25) is 0 Å². The fraction of sp³-hybridized carbons (Fsp3) is 0.571. The van der Waals surface area contributed by atoms with Crippen LogP contribution in [0.15, 0.2) is 12.1 Å². The number of nitrogen functional groups attached to an aromatic ring is 1. The van der Waals surface area contributed by atoms with Gasteiger partial charge >= 0.3 is 0 Å². The second-order valence-electron chi connectivity index (χ2n) is 4.92. The fourth-order valence-electron chi connectivity index (χ4n) is 1.56. The monoisotopic (exact) mass is 270 g/mol. The van der Waals surface area contributed by atoms with Gasteiger partial charge in [0, 0.05) is 12.1 Å². The minimum Gasteiger partial charge on any atom is -0.490 e. The minimum absolute atomic E-state index is 0.0362. The van der Waals surface area contributed by atoms with Crippen molar-refractivity contribution in [2.45, 2.75) is 39.2 Å². The predicted molar refractivity (Wildman–Crippen MR) is 76.0 cm³/mol. The van der Waals surface area contributed by atoms with E-state index in [1.54, 1.807) is 6.07 Å². The maximum absolute atomic E-state index is 13.7. The number of hydrogen-bond acceptors (Lipinski definition) is 4. The second kappa shape index (κ2) is 6.61. The summed E-state index contributed by atoms with van der Waals surface area (Å²) in [5.74, 6) is -0.298. The lowest BCUT2D eigenvalue weighted by atomic mass is 9.99. The van der Waals surface area contributed by atoms with E-state index in [9.17, 15) is 9.50 Å². The normalized spacial score (nSPS) is 13.9. The molecule has 0 fully saturated rings. The van der Waals surface area contributed by atoms with E-state index in [2.05, 4.69) is 5.32 Å². The Morgan fingerprint density at radius 3 is 2.63 bits per heavy atom. The number of nitrogens with two attached hydrogens (primary N) is 1. The Kier molecular flexibility index (Phi) is 5.42. The Morgan fingerprint density at radius 2 is 2.11 bits per heavy atom. The molecule has 0 aliphatic carbocycles. The summed E-state index contributed by atoms with van der Waals surface area (Å²) >= 11 is 0. The first-order chi connectivity index (χ1) is 8.95. The minimum atomic E-state index is -0.492. The number of aliphatic hydroxyl groups is 1. The van der Waals surface area contributed by atoms with E-state index >= 15 is 0 Å². The summed E-state index contributed by atoms with van der Waals surface area (Å²) in [7, 11) is 0. The molecule has 0 radical (unpaired) electrons. The lowest BCUT2D eigenvalue weighted by Crippen LogP contribution is -2.38. The summed E-state index contributed by atoms with van der Waals surface area (Å²) < 4.78 is 19.0. The SMILES string of the molecule is CCCOc1cc(NC(C)(CC)CO)c(N)cc1F. The number of benzene rings is 1. The van der Waals surface area contributed by atoms with E-state index in [-0.39, 0.29) is 12.4 Å². The van der Waals surface area contributed by atoms with Crippen LogP contribution in [-0.2, 0) is 0 Å². The first-order valence-corrected chi connectivity index (χ1v) is 6.56. The van der Waals surface area contributed by atoms with Crippen molar-refractivity contribution in [2.75, 3.05) is 24.3 Å². The maximum Gasteiger partial charge on any atom is 0.167 e. The summed E-state index contributed by atoms with van der Waals surface area (Å²) in [4.78, 5) is 0. The second-order valence-corrected chi connectivity index (χ2v) is 4.92. The van der Waals surface area contributed by atoms with Crippen LogP contribution in [0.5, 0.6) is 5.75 Å². The van der Waals surface area contributed by atoms with Crippen LogP contribution in [0.25, 0.3) is 0 Å². The highest BCUT2D eigenvalue weighted by molar-refractivity contribution is 5.69. The highest BCUT2D eigenvalue weighted by atomic mass is 19.1. The molecule has 19 heavy (non-hydrogen) atoms. The summed E-state index contributed by atoms with van der Waals surface area (Å²) in [5, 5.41) is 12.5. The molecule has 0 aliphatic heterocycles. The molecule has 4 nitrogen and oxygen atoms in total. The van der Waals surface area contributed by atoms with Gasteiger partial charge in [0.2, 0.25) is 0 Å². The summed E-state index contributed by atoms with van der Waals surface area (Å²) in [6.45, 7) is 6.20. The quantitative estimate of drug-likeness (QED) is 0.666. The van der Waals surface area contributed by atoms with Gasteiger partial charge in [0.05, 0.1) is 30.1 Å². The first kappa shape index (κ1) is 15.6. The van der Waals surface area contributed by atoms with Gasteiger partial charge in [-0.2, -0.15) is 0 Å². The third-order valence-corrected chi connectivity index (χ3v) is 3.13. The predicted octanol–water partition coefficient (Wildman–Crippen LogP) is 2.77. The van der Waals surface area contributed by atoms with Crippen molar-refractivity contribution >= 4 is 11.4 Å². The van der Waals surface area contributed by atoms with Crippen molar-refractivity contribution in [3.05, 3.63) is 17.9 Å². The van der Waals surface area contributed by atoms with Crippen LogP contribution in [0.3, 0.4) is 0 Å². The van der Waals surface area contributed by atoms with Gasteiger partial charge in [0.15, 0.2) is 11.6 Å². The highest BCUT2D eigenvalue weighted by Gasteiger charge is 2.22. The third kappa shape index (κ3) is 3.99. The van der Waals surface area contributed by atoms with Crippen LogP contribution in [0, 0.1) is 5.82 Å². The molecule has 0 spiro atoms. The van der Waals surface area contributed by atoms with E-state index < -0.39 is 11.4 Å². The Morgan fingerprint density at radius 1 is 1.42 bits per heavy atom. The smallest absolute Gasteiger partial charge is 0.167 e. The molecule has 0 aromatic heterocycles. The van der Waals surface area contributed by atoms with Crippen molar-refractivity contribution in [1.29, 1.82) is 0 Å². The summed E-state index contributed by atoms with van der Waals surface area (Å²) in [6.07, 6.45) is 1.52. The molecule has 0 aliphatic rings. The number of hydrogen-bond donors (Lipinski definition) is 3. The van der Waals surface area contributed by atoms with Gasteiger partial charge in [0.1, 0.15) is 0 Å². The van der Waals surface area contributed by atoms with E-state index in [0.29, 0.717) is 24.4 Å². The molecule has 1 atom stereocenters. The van der Waals surface area contributed by atoms with Gasteiger partial charge in [-0.25, -0.2) is 4.39 Å². The molecular weight excluding hydrogens is 247 g/mol. The highest BCUT2D eigenvalue weighted by Crippen LogP contribution is 2.31. The lowest BCUT2D eigenvalue weighted by Gasteiger charge is -2.29.